The minimum Gasteiger partial charge on any atom is -0.320 e. The third kappa shape index (κ3) is 4.48. The number of benzene rings is 1. The number of anilines is 1. The van der Waals surface area contributed by atoms with Crippen molar-refractivity contribution in [2.45, 2.75) is 39.5 Å². The number of hydrogen-bond acceptors (Lipinski definition) is 4. The van der Waals surface area contributed by atoms with Crippen LogP contribution >= 0.6 is 11.6 Å². The Morgan fingerprint density at radius 3 is 2.33 bits per heavy atom. The van der Waals surface area contributed by atoms with Gasteiger partial charge in [0.05, 0.1) is 26.9 Å². The Morgan fingerprint density at radius 2 is 1.78 bits per heavy atom. The highest BCUT2D eigenvalue weighted by Crippen LogP contribution is 2.25. The summed E-state index contributed by atoms with van der Waals surface area (Å²) in [7, 11) is -3.69. The quantitative estimate of drug-likeness (QED) is 0.783. The summed E-state index contributed by atoms with van der Waals surface area (Å²) in [6.45, 7) is 9.77. The molecular weight excluding hydrogens is 386 g/mol. The largest absolute Gasteiger partial charge is 0.320 e. The maximum atomic E-state index is 12.8. The maximum Gasteiger partial charge on any atom is 0.257 e. The Bertz CT molecular complexity index is 947. The molecule has 0 aliphatic rings. The molecule has 0 aliphatic carbocycles. The summed E-state index contributed by atoms with van der Waals surface area (Å²) in [6, 6.07) is 6.03. The van der Waals surface area contributed by atoms with Gasteiger partial charge in [0.2, 0.25) is 10.0 Å². The molecule has 146 valence electrons. The van der Waals surface area contributed by atoms with Gasteiger partial charge >= 0.3 is 0 Å². The number of pyridine rings is 1. The summed E-state index contributed by atoms with van der Waals surface area (Å²) in [6.07, 6.45) is 0. The molecule has 1 N–H and O–H groups in total. The van der Waals surface area contributed by atoms with E-state index in [1.54, 1.807) is 20.8 Å². The number of carbonyl (C=O) groups excluding carboxylic acids is 1. The highest BCUT2D eigenvalue weighted by atomic mass is 35.5. The van der Waals surface area contributed by atoms with Gasteiger partial charge in [0.25, 0.3) is 5.91 Å². The molecule has 1 aromatic heterocycles. The lowest BCUT2D eigenvalue weighted by Crippen LogP contribution is -2.30. The van der Waals surface area contributed by atoms with Crippen molar-refractivity contribution in [2.75, 3.05) is 18.4 Å². The lowest BCUT2D eigenvalue weighted by Gasteiger charge is -2.19. The molecule has 0 unspecified atom stereocenters. The van der Waals surface area contributed by atoms with E-state index in [-0.39, 0.29) is 15.5 Å². The summed E-state index contributed by atoms with van der Waals surface area (Å²) >= 11 is 6.17. The summed E-state index contributed by atoms with van der Waals surface area (Å²) in [5, 5.41) is 2.99. The highest BCUT2D eigenvalue weighted by molar-refractivity contribution is 7.89. The predicted octanol–water partition coefficient (Wildman–Crippen LogP) is 3.94. The van der Waals surface area contributed by atoms with Crippen LogP contribution in [0.3, 0.4) is 0 Å². The molecule has 1 aromatic carbocycles. The molecule has 6 nitrogen and oxygen atoms in total. The van der Waals surface area contributed by atoms with Crippen molar-refractivity contribution < 1.29 is 13.2 Å². The Labute approximate surface area is 165 Å². The number of halogens is 1. The van der Waals surface area contributed by atoms with Crippen LogP contribution in [0.25, 0.3) is 0 Å². The fraction of sp³-hybridized carbons (Fsp3) is 0.368. The Hall–Kier alpha value is -1.96. The van der Waals surface area contributed by atoms with Crippen molar-refractivity contribution in [3.63, 3.8) is 0 Å². The SMILES string of the molecule is CCN(CC)S(=O)(=O)c1ccc(Cl)c(C(=O)Nc2c(C)cc(C)nc2C)c1. The first kappa shape index (κ1) is 21.3. The Morgan fingerprint density at radius 1 is 1.15 bits per heavy atom. The van der Waals surface area contributed by atoms with Gasteiger partial charge in [0, 0.05) is 18.8 Å². The van der Waals surface area contributed by atoms with Crippen molar-refractivity contribution in [1.82, 2.24) is 9.29 Å². The van der Waals surface area contributed by atoms with Crippen LogP contribution in [0, 0.1) is 20.8 Å². The molecule has 0 radical (unpaired) electrons. The van der Waals surface area contributed by atoms with Crippen molar-refractivity contribution >= 4 is 33.2 Å². The molecule has 0 aliphatic heterocycles. The summed E-state index contributed by atoms with van der Waals surface area (Å²) < 4.78 is 26.8. The van der Waals surface area contributed by atoms with Crippen LogP contribution in [-0.2, 0) is 10.0 Å². The minimum absolute atomic E-state index is 0.0382. The van der Waals surface area contributed by atoms with Crippen LogP contribution in [0.5, 0.6) is 0 Å². The molecule has 0 fully saturated rings. The number of rotatable bonds is 6. The first-order valence-electron chi connectivity index (χ1n) is 8.67. The normalized spacial score (nSPS) is 11.7. The number of sulfonamides is 1. The van der Waals surface area contributed by atoms with Gasteiger partial charge in [-0.2, -0.15) is 4.31 Å². The standard InChI is InChI=1S/C19H24ClN3O3S/c1-6-23(7-2)27(25,26)15-8-9-17(20)16(11-15)19(24)22-18-12(3)10-13(4)21-14(18)5/h8-11H,6-7H2,1-5H3,(H,22,24). The molecular formula is C19H24ClN3O3S. The predicted molar refractivity (Wildman–Crippen MR) is 108 cm³/mol. The van der Waals surface area contributed by atoms with Crippen LogP contribution in [-0.4, -0.2) is 36.7 Å². The molecule has 2 rings (SSSR count). The molecule has 0 bridgehead atoms. The van der Waals surface area contributed by atoms with Crippen LogP contribution in [0.2, 0.25) is 5.02 Å². The van der Waals surface area contributed by atoms with E-state index in [0.29, 0.717) is 24.5 Å². The molecule has 0 atom stereocenters. The summed E-state index contributed by atoms with van der Waals surface area (Å²) in [5.74, 6) is -0.478. The summed E-state index contributed by atoms with van der Waals surface area (Å²) in [4.78, 5) is 17.2. The van der Waals surface area contributed by atoms with E-state index in [1.807, 2.05) is 19.9 Å². The molecule has 8 heteroatoms. The monoisotopic (exact) mass is 409 g/mol. The van der Waals surface area contributed by atoms with Gasteiger partial charge in [-0.25, -0.2) is 8.42 Å². The molecule has 1 heterocycles. The molecule has 0 saturated carbocycles. The van der Waals surface area contributed by atoms with Crippen molar-refractivity contribution in [2.24, 2.45) is 0 Å². The van der Waals surface area contributed by atoms with Crippen LogP contribution in [0.4, 0.5) is 5.69 Å². The van der Waals surface area contributed by atoms with E-state index < -0.39 is 15.9 Å². The third-order valence-corrected chi connectivity index (χ3v) is 6.67. The Kier molecular flexibility index (Phi) is 6.62. The maximum absolute atomic E-state index is 12.8. The second-order valence-corrected chi connectivity index (χ2v) is 8.57. The van der Waals surface area contributed by atoms with Gasteiger partial charge in [-0.3, -0.25) is 9.78 Å². The van der Waals surface area contributed by atoms with Crippen LogP contribution in [0.15, 0.2) is 29.2 Å². The van der Waals surface area contributed by atoms with Crippen molar-refractivity contribution in [1.29, 1.82) is 0 Å². The van der Waals surface area contributed by atoms with E-state index in [1.165, 1.54) is 22.5 Å². The zero-order valence-corrected chi connectivity index (χ0v) is 17.7. The number of nitrogens with one attached hydrogen (secondary N) is 1. The molecule has 1 amide bonds. The second-order valence-electron chi connectivity index (χ2n) is 6.23. The molecule has 27 heavy (non-hydrogen) atoms. The van der Waals surface area contributed by atoms with Gasteiger partial charge in [-0.05, 0) is 50.6 Å². The minimum atomic E-state index is -3.69. The van der Waals surface area contributed by atoms with Gasteiger partial charge in [0.1, 0.15) is 0 Å². The third-order valence-electron chi connectivity index (χ3n) is 4.29. The molecule has 0 saturated heterocycles. The number of aromatic nitrogens is 1. The lowest BCUT2D eigenvalue weighted by atomic mass is 10.1. The number of carbonyl (C=O) groups is 1. The zero-order valence-electron chi connectivity index (χ0n) is 16.1. The number of amides is 1. The number of aryl methyl sites for hydroxylation is 3. The number of nitrogens with zero attached hydrogens (tertiary/aromatic N) is 2. The van der Waals surface area contributed by atoms with Gasteiger partial charge < -0.3 is 5.32 Å². The Balaban J connectivity index is 2.43. The van der Waals surface area contributed by atoms with Crippen molar-refractivity contribution in [3.05, 3.63) is 51.8 Å². The molecule has 2 aromatic rings. The van der Waals surface area contributed by atoms with Gasteiger partial charge in [-0.1, -0.05) is 25.4 Å². The first-order valence-corrected chi connectivity index (χ1v) is 10.5. The average Bonchev–Trinajstić information content (AvgIpc) is 2.58. The lowest BCUT2D eigenvalue weighted by molar-refractivity contribution is 0.102. The first-order chi connectivity index (χ1) is 12.6. The average molecular weight is 410 g/mol. The fourth-order valence-corrected chi connectivity index (χ4v) is 4.63. The van der Waals surface area contributed by atoms with Crippen LogP contribution < -0.4 is 5.32 Å². The smallest absolute Gasteiger partial charge is 0.257 e. The summed E-state index contributed by atoms with van der Waals surface area (Å²) in [5.41, 5.74) is 3.11. The van der Waals surface area contributed by atoms with E-state index in [9.17, 15) is 13.2 Å². The zero-order chi connectivity index (χ0) is 20.4. The van der Waals surface area contributed by atoms with E-state index in [0.717, 1.165) is 11.3 Å². The van der Waals surface area contributed by atoms with Gasteiger partial charge in [-0.15, -0.1) is 0 Å². The van der Waals surface area contributed by atoms with E-state index in [2.05, 4.69) is 10.3 Å². The highest BCUT2D eigenvalue weighted by Gasteiger charge is 2.24. The second kappa shape index (κ2) is 8.37. The fourth-order valence-electron chi connectivity index (χ4n) is 2.94. The van der Waals surface area contributed by atoms with E-state index >= 15 is 0 Å². The number of hydrogen-bond donors (Lipinski definition) is 1. The van der Waals surface area contributed by atoms with Crippen molar-refractivity contribution in [3.8, 4) is 0 Å². The van der Waals surface area contributed by atoms with Crippen LogP contribution in [0.1, 0.15) is 41.2 Å². The van der Waals surface area contributed by atoms with E-state index in [4.69, 9.17) is 11.6 Å². The molecule has 0 spiro atoms. The van der Waals surface area contributed by atoms with Gasteiger partial charge in [0.15, 0.2) is 0 Å². The topological polar surface area (TPSA) is 79.4 Å².